The molecule has 2 fully saturated rings. The highest BCUT2D eigenvalue weighted by molar-refractivity contribution is 5.81. The van der Waals surface area contributed by atoms with Gasteiger partial charge in [-0.2, -0.15) is 0 Å². The molecular formula is C21H36N4O. The van der Waals surface area contributed by atoms with Crippen LogP contribution in [0.4, 0.5) is 0 Å². The molecule has 2 aliphatic heterocycles. The normalized spacial score (nSPS) is 24.5. The molecule has 146 valence electrons. The van der Waals surface area contributed by atoms with Crippen LogP contribution in [0.5, 0.6) is 0 Å². The summed E-state index contributed by atoms with van der Waals surface area (Å²) in [7, 11) is 0. The van der Waals surface area contributed by atoms with Crippen LogP contribution in [0.1, 0.15) is 71.3 Å². The monoisotopic (exact) mass is 360 g/mol. The van der Waals surface area contributed by atoms with E-state index in [9.17, 15) is 4.79 Å². The molecule has 1 spiro atoms. The molecule has 0 saturated carbocycles. The largest absolute Gasteiger partial charge is 0.345 e. The molecule has 0 radical (unpaired) electrons. The van der Waals surface area contributed by atoms with Crippen molar-refractivity contribution in [2.24, 2.45) is 10.8 Å². The standard InChI is InChI=1S/C21H36N4O/c1-5-6-8-18-22-13-17(23-18)14-24-12-10-21(15-24)9-7-11-25(16-21)19(26)20(2,3)4/h13H,5-12,14-16H2,1-4H3,(H,22,23)/t21-/m0/s1. The number of piperidine rings is 1. The number of likely N-dealkylation sites (tertiary alicyclic amines) is 2. The van der Waals surface area contributed by atoms with Gasteiger partial charge in [0.25, 0.3) is 0 Å². The van der Waals surface area contributed by atoms with E-state index in [1.54, 1.807) is 0 Å². The van der Waals surface area contributed by atoms with Gasteiger partial charge < -0.3 is 9.88 Å². The van der Waals surface area contributed by atoms with E-state index in [0.29, 0.717) is 11.3 Å². The summed E-state index contributed by atoms with van der Waals surface area (Å²) < 4.78 is 0. The van der Waals surface area contributed by atoms with Crippen molar-refractivity contribution in [3.05, 3.63) is 17.7 Å². The fourth-order valence-electron chi connectivity index (χ4n) is 4.55. The van der Waals surface area contributed by atoms with Crippen molar-refractivity contribution in [2.45, 2.75) is 72.8 Å². The highest BCUT2D eigenvalue weighted by atomic mass is 16.2. The summed E-state index contributed by atoms with van der Waals surface area (Å²) in [6.07, 6.45) is 9.04. The molecular weight excluding hydrogens is 324 g/mol. The molecule has 3 heterocycles. The van der Waals surface area contributed by atoms with Crippen LogP contribution in [0.15, 0.2) is 6.20 Å². The van der Waals surface area contributed by atoms with Crippen molar-refractivity contribution in [2.75, 3.05) is 26.2 Å². The van der Waals surface area contributed by atoms with E-state index in [4.69, 9.17) is 0 Å². The first-order valence-corrected chi connectivity index (χ1v) is 10.4. The Hall–Kier alpha value is -1.36. The molecule has 0 unspecified atom stereocenters. The minimum Gasteiger partial charge on any atom is -0.345 e. The Morgan fingerprint density at radius 2 is 2.08 bits per heavy atom. The number of hydrogen-bond acceptors (Lipinski definition) is 3. The molecule has 0 aliphatic carbocycles. The van der Waals surface area contributed by atoms with E-state index in [0.717, 1.165) is 51.4 Å². The minimum absolute atomic E-state index is 0.276. The number of hydrogen-bond donors (Lipinski definition) is 1. The zero-order chi connectivity index (χ0) is 18.8. The molecule has 2 aliphatic rings. The number of aromatic nitrogens is 2. The van der Waals surface area contributed by atoms with Gasteiger partial charge >= 0.3 is 0 Å². The third kappa shape index (κ3) is 4.48. The Labute approximate surface area is 158 Å². The van der Waals surface area contributed by atoms with Gasteiger partial charge in [-0.05, 0) is 32.2 Å². The molecule has 0 aromatic carbocycles. The maximum absolute atomic E-state index is 12.7. The summed E-state index contributed by atoms with van der Waals surface area (Å²) in [5.41, 5.74) is 1.25. The Bertz CT molecular complexity index is 618. The third-order valence-corrected chi connectivity index (χ3v) is 5.95. The summed E-state index contributed by atoms with van der Waals surface area (Å²) in [5, 5.41) is 0. The molecule has 3 rings (SSSR count). The van der Waals surface area contributed by atoms with E-state index in [-0.39, 0.29) is 5.41 Å². The van der Waals surface area contributed by atoms with Crippen LogP contribution in [0.25, 0.3) is 0 Å². The number of unbranched alkanes of at least 4 members (excludes halogenated alkanes) is 1. The van der Waals surface area contributed by atoms with Gasteiger partial charge in [-0.3, -0.25) is 9.69 Å². The van der Waals surface area contributed by atoms with E-state index in [1.807, 2.05) is 27.0 Å². The van der Waals surface area contributed by atoms with Crippen molar-refractivity contribution >= 4 is 5.91 Å². The average molecular weight is 361 g/mol. The summed E-state index contributed by atoms with van der Waals surface area (Å²) in [4.78, 5) is 25.4. The van der Waals surface area contributed by atoms with Gasteiger partial charge in [0, 0.05) is 55.3 Å². The summed E-state index contributed by atoms with van der Waals surface area (Å²) in [5.74, 6) is 1.43. The van der Waals surface area contributed by atoms with Crippen LogP contribution >= 0.6 is 0 Å². The average Bonchev–Trinajstić information content (AvgIpc) is 3.19. The fourth-order valence-corrected chi connectivity index (χ4v) is 4.55. The predicted molar refractivity (Wildman–Crippen MR) is 105 cm³/mol. The van der Waals surface area contributed by atoms with Gasteiger partial charge in [-0.15, -0.1) is 0 Å². The number of amides is 1. The first kappa shape index (κ1) is 19.4. The highest BCUT2D eigenvalue weighted by Crippen LogP contribution is 2.40. The second kappa shape index (κ2) is 7.71. The quantitative estimate of drug-likeness (QED) is 0.873. The van der Waals surface area contributed by atoms with Crippen LogP contribution in [0.2, 0.25) is 0 Å². The van der Waals surface area contributed by atoms with Gasteiger partial charge in [0.2, 0.25) is 5.91 Å². The first-order valence-electron chi connectivity index (χ1n) is 10.4. The van der Waals surface area contributed by atoms with E-state index in [2.05, 4.69) is 26.7 Å². The Balaban J connectivity index is 1.57. The lowest BCUT2D eigenvalue weighted by Crippen LogP contribution is -2.50. The second-order valence-corrected chi connectivity index (χ2v) is 9.50. The highest BCUT2D eigenvalue weighted by Gasteiger charge is 2.43. The van der Waals surface area contributed by atoms with Crippen LogP contribution < -0.4 is 0 Å². The molecule has 0 bridgehead atoms. The van der Waals surface area contributed by atoms with E-state index >= 15 is 0 Å². The van der Waals surface area contributed by atoms with Crippen LogP contribution in [0.3, 0.4) is 0 Å². The number of rotatable bonds is 5. The molecule has 1 aromatic rings. The van der Waals surface area contributed by atoms with Crippen LogP contribution in [-0.4, -0.2) is 51.9 Å². The molecule has 2 saturated heterocycles. The lowest BCUT2D eigenvalue weighted by Gasteiger charge is -2.42. The molecule has 5 nitrogen and oxygen atoms in total. The van der Waals surface area contributed by atoms with Crippen molar-refractivity contribution in [1.29, 1.82) is 0 Å². The van der Waals surface area contributed by atoms with E-state index in [1.165, 1.54) is 31.4 Å². The number of carbonyl (C=O) groups excluding carboxylic acids is 1. The van der Waals surface area contributed by atoms with Gasteiger partial charge in [-0.25, -0.2) is 4.98 Å². The molecule has 1 amide bonds. The maximum atomic E-state index is 12.7. The van der Waals surface area contributed by atoms with Gasteiger partial charge in [-0.1, -0.05) is 34.1 Å². The van der Waals surface area contributed by atoms with Gasteiger partial charge in [0.1, 0.15) is 5.82 Å². The molecule has 1 aromatic heterocycles. The van der Waals surface area contributed by atoms with Crippen molar-refractivity contribution in [3.8, 4) is 0 Å². The number of imidazole rings is 1. The Morgan fingerprint density at radius 3 is 2.81 bits per heavy atom. The zero-order valence-electron chi connectivity index (χ0n) is 17.1. The predicted octanol–water partition coefficient (Wildman–Crippen LogP) is 3.61. The topological polar surface area (TPSA) is 52.2 Å². The SMILES string of the molecule is CCCCc1ncc(CN2CC[C@@]3(CCCN(C(=O)C(C)(C)C)C3)C2)[nH]1. The van der Waals surface area contributed by atoms with Gasteiger partial charge in [0.15, 0.2) is 0 Å². The Kier molecular flexibility index (Phi) is 5.75. The number of nitrogens with one attached hydrogen (secondary N) is 1. The molecule has 26 heavy (non-hydrogen) atoms. The number of H-pyrrole nitrogens is 1. The molecule has 1 N–H and O–H groups in total. The lowest BCUT2D eigenvalue weighted by molar-refractivity contribution is -0.143. The van der Waals surface area contributed by atoms with Crippen molar-refractivity contribution < 1.29 is 4.79 Å². The number of carbonyl (C=O) groups is 1. The number of aromatic amines is 1. The first-order chi connectivity index (χ1) is 12.3. The summed E-state index contributed by atoms with van der Waals surface area (Å²) >= 11 is 0. The van der Waals surface area contributed by atoms with E-state index < -0.39 is 0 Å². The third-order valence-electron chi connectivity index (χ3n) is 5.95. The number of aryl methyl sites for hydroxylation is 1. The summed E-state index contributed by atoms with van der Waals surface area (Å²) in [6.45, 7) is 13.4. The number of nitrogens with zero attached hydrogens (tertiary/aromatic N) is 3. The molecule has 1 atom stereocenters. The minimum atomic E-state index is -0.276. The van der Waals surface area contributed by atoms with Gasteiger partial charge in [0.05, 0.1) is 0 Å². The van der Waals surface area contributed by atoms with Crippen LogP contribution in [-0.2, 0) is 17.8 Å². The maximum Gasteiger partial charge on any atom is 0.227 e. The second-order valence-electron chi connectivity index (χ2n) is 9.50. The zero-order valence-corrected chi connectivity index (χ0v) is 17.1. The smallest absolute Gasteiger partial charge is 0.227 e. The van der Waals surface area contributed by atoms with Crippen LogP contribution in [0, 0.1) is 10.8 Å². The summed E-state index contributed by atoms with van der Waals surface area (Å²) in [6, 6.07) is 0. The fraction of sp³-hybridized carbons (Fsp3) is 0.810. The van der Waals surface area contributed by atoms with Crippen molar-refractivity contribution in [1.82, 2.24) is 19.8 Å². The lowest BCUT2D eigenvalue weighted by atomic mass is 9.78. The van der Waals surface area contributed by atoms with Crippen molar-refractivity contribution in [3.63, 3.8) is 0 Å². The Morgan fingerprint density at radius 1 is 1.27 bits per heavy atom. The molecule has 5 heteroatoms.